The highest BCUT2D eigenvalue weighted by Crippen LogP contribution is 2.65. The van der Waals surface area contributed by atoms with E-state index in [2.05, 4.69) is 4.90 Å². The molecule has 1 saturated heterocycles. The SMILES string of the molecule is CCCCOC(=O)[C@H](CC(=O)O[C@H](C(=O)OC1=CC[C@@]2(O)[C@H]3Cc4ccc(OC)c5c4[C@@]2(CCN3C)[C@H]1O5)c1ccccc1)OC(C)=O. The quantitative estimate of drug-likeness (QED) is 0.202. The Labute approximate surface area is 278 Å². The Hall–Kier alpha value is -4.42. The van der Waals surface area contributed by atoms with Crippen molar-refractivity contribution in [3.05, 3.63) is 71.0 Å². The maximum absolute atomic E-state index is 14.0. The molecule has 12 nitrogen and oxygen atoms in total. The van der Waals surface area contributed by atoms with E-state index in [9.17, 15) is 24.3 Å². The number of aliphatic hydroxyl groups is 1. The molecule has 6 atom stereocenters. The van der Waals surface area contributed by atoms with Crippen LogP contribution >= 0.6 is 0 Å². The zero-order valence-electron chi connectivity index (χ0n) is 27.6. The molecule has 2 aliphatic heterocycles. The first-order valence-corrected chi connectivity index (χ1v) is 16.3. The molecule has 1 N–H and O–H groups in total. The fraction of sp³-hybridized carbons (Fsp3) is 0.500. The molecule has 1 fully saturated rings. The molecule has 256 valence electrons. The molecule has 2 bridgehead atoms. The minimum Gasteiger partial charge on any atom is -0.493 e. The van der Waals surface area contributed by atoms with Crippen LogP contribution in [0.25, 0.3) is 0 Å². The van der Waals surface area contributed by atoms with Crippen LogP contribution in [0.3, 0.4) is 0 Å². The summed E-state index contributed by atoms with van der Waals surface area (Å²) in [4.78, 5) is 53.7. The number of unbranched alkanes of at least 4 members (excludes halogenated alkanes) is 1. The molecule has 48 heavy (non-hydrogen) atoms. The van der Waals surface area contributed by atoms with E-state index in [1.54, 1.807) is 43.5 Å². The summed E-state index contributed by atoms with van der Waals surface area (Å²) < 4.78 is 34.2. The smallest absolute Gasteiger partial charge is 0.357 e. The lowest BCUT2D eigenvalue weighted by Crippen LogP contribution is -2.74. The van der Waals surface area contributed by atoms with Crippen molar-refractivity contribution in [1.29, 1.82) is 0 Å². The number of ether oxygens (including phenoxy) is 6. The Bertz CT molecular complexity index is 1620. The highest BCUT2D eigenvalue weighted by Gasteiger charge is 2.72. The topological polar surface area (TPSA) is 147 Å². The number of likely N-dealkylation sites (tertiary alicyclic amines) is 1. The van der Waals surface area contributed by atoms with E-state index in [4.69, 9.17) is 28.4 Å². The first kappa shape index (κ1) is 33.5. The molecule has 2 aromatic carbocycles. The molecular weight excluding hydrogens is 622 g/mol. The summed E-state index contributed by atoms with van der Waals surface area (Å²) in [6, 6.07) is 12.0. The van der Waals surface area contributed by atoms with Gasteiger partial charge in [-0.15, -0.1) is 0 Å². The lowest BCUT2D eigenvalue weighted by molar-refractivity contribution is -0.179. The second-order valence-corrected chi connectivity index (χ2v) is 12.8. The highest BCUT2D eigenvalue weighted by molar-refractivity contribution is 5.86. The standard InChI is InChI=1S/C36H41NO11/c1-5-6-18-44-33(40)26(45-21(2)38)20-28(39)47-30(22-10-8-7-9-11-22)34(41)46-25-14-15-36(42)27-19-23-12-13-24(43-4)31-29(23)35(36,32(25)48-31)16-17-37(27)3/h7-14,26-27,30,32,42H,5-6,15-20H2,1-4H3/t26-,27+,30-,32-,35-,36+/m0/s1. The van der Waals surface area contributed by atoms with Crippen molar-refractivity contribution in [2.24, 2.45) is 0 Å². The second-order valence-electron chi connectivity index (χ2n) is 12.8. The van der Waals surface area contributed by atoms with E-state index in [-0.39, 0.29) is 24.8 Å². The van der Waals surface area contributed by atoms with E-state index >= 15 is 0 Å². The Kier molecular flexibility index (Phi) is 9.23. The minimum absolute atomic E-state index is 0.102. The van der Waals surface area contributed by atoms with Gasteiger partial charge in [0.1, 0.15) is 5.76 Å². The molecule has 2 heterocycles. The van der Waals surface area contributed by atoms with Crippen LogP contribution in [-0.2, 0) is 50.0 Å². The van der Waals surface area contributed by atoms with Crippen LogP contribution in [0.4, 0.5) is 0 Å². The van der Waals surface area contributed by atoms with E-state index in [1.165, 1.54) is 0 Å². The molecular formula is C36H41NO11. The van der Waals surface area contributed by atoms with E-state index in [0.29, 0.717) is 42.9 Å². The van der Waals surface area contributed by atoms with Crippen LogP contribution in [0.2, 0.25) is 0 Å². The van der Waals surface area contributed by atoms with Gasteiger partial charge >= 0.3 is 23.9 Å². The van der Waals surface area contributed by atoms with Gasteiger partial charge in [-0.2, -0.15) is 0 Å². The molecule has 1 spiro atoms. The van der Waals surface area contributed by atoms with E-state index in [1.807, 2.05) is 26.1 Å². The van der Waals surface area contributed by atoms with Gasteiger partial charge in [-0.05, 0) is 50.6 Å². The number of esters is 4. The van der Waals surface area contributed by atoms with Crippen molar-refractivity contribution in [1.82, 2.24) is 4.90 Å². The third-order valence-electron chi connectivity index (χ3n) is 10.0. The van der Waals surface area contributed by atoms with Gasteiger partial charge in [0.25, 0.3) is 0 Å². The molecule has 0 saturated carbocycles. The molecule has 2 aliphatic carbocycles. The average molecular weight is 664 g/mol. The Morgan fingerprint density at radius 2 is 1.85 bits per heavy atom. The molecule has 0 radical (unpaired) electrons. The Balaban J connectivity index is 1.28. The van der Waals surface area contributed by atoms with Crippen LogP contribution in [0.15, 0.2) is 54.3 Å². The third kappa shape index (κ3) is 5.60. The molecule has 0 amide bonds. The number of carbonyl (C=O) groups is 4. The van der Waals surface area contributed by atoms with Gasteiger partial charge < -0.3 is 38.4 Å². The van der Waals surface area contributed by atoms with Gasteiger partial charge in [0.05, 0.1) is 31.2 Å². The number of benzene rings is 2. The summed E-state index contributed by atoms with van der Waals surface area (Å²) >= 11 is 0. The number of nitrogens with zero attached hydrogens (tertiary/aromatic N) is 1. The summed E-state index contributed by atoms with van der Waals surface area (Å²) in [6.45, 7) is 3.83. The Morgan fingerprint density at radius 3 is 2.56 bits per heavy atom. The summed E-state index contributed by atoms with van der Waals surface area (Å²) in [6.07, 6.45) is -0.148. The lowest BCUT2D eigenvalue weighted by atomic mass is 9.50. The largest absolute Gasteiger partial charge is 0.493 e. The van der Waals surface area contributed by atoms with Crippen molar-refractivity contribution in [3.8, 4) is 11.5 Å². The van der Waals surface area contributed by atoms with E-state index in [0.717, 1.165) is 24.5 Å². The van der Waals surface area contributed by atoms with Gasteiger partial charge in [0.2, 0.25) is 12.2 Å². The van der Waals surface area contributed by atoms with Crippen molar-refractivity contribution in [2.75, 3.05) is 27.3 Å². The van der Waals surface area contributed by atoms with Crippen LogP contribution in [-0.4, -0.2) is 85.0 Å². The number of carbonyl (C=O) groups excluding carboxylic acids is 4. The number of hydrogen-bond acceptors (Lipinski definition) is 12. The van der Waals surface area contributed by atoms with Gasteiger partial charge in [0.15, 0.2) is 17.6 Å². The maximum Gasteiger partial charge on any atom is 0.357 e. The van der Waals surface area contributed by atoms with Crippen molar-refractivity contribution < 1.29 is 52.7 Å². The predicted molar refractivity (Wildman–Crippen MR) is 169 cm³/mol. The fourth-order valence-electron chi connectivity index (χ4n) is 7.75. The minimum atomic E-state index is -1.55. The molecule has 0 aromatic heterocycles. The lowest BCUT2D eigenvalue weighted by Gasteiger charge is -2.61. The highest BCUT2D eigenvalue weighted by atomic mass is 16.6. The summed E-state index contributed by atoms with van der Waals surface area (Å²) in [5.74, 6) is -2.29. The number of likely N-dealkylation sites (N-methyl/N-ethyl adjacent to an activating group) is 1. The molecule has 2 aromatic rings. The van der Waals surface area contributed by atoms with Gasteiger partial charge in [-0.1, -0.05) is 49.7 Å². The maximum atomic E-state index is 14.0. The zero-order chi connectivity index (χ0) is 34.2. The van der Waals surface area contributed by atoms with Crippen LogP contribution < -0.4 is 9.47 Å². The van der Waals surface area contributed by atoms with E-state index < -0.39 is 59.6 Å². The third-order valence-corrected chi connectivity index (χ3v) is 10.0. The summed E-state index contributed by atoms with van der Waals surface area (Å²) in [5.41, 5.74) is 0.157. The monoisotopic (exact) mass is 663 g/mol. The van der Waals surface area contributed by atoms with Crippen LogP contribution in [0, 0.1) is 0 Å². The van der Waals surface area contributed by atoms with Crippen LogP contribution in [0.5, 0.6) is 11.5 Å². The first-order valence-electron chi connectivity index (χ1n) is 16.3. The number of rotatable bonds is 12. The molecule has 12 heteroatoms. The van der Waals surface area contributed by atoms with Crippen molar-refractivity contribution in [2.45, 2.75) is 87.7 Å². The fourth-order valence-corrected chi connectivity index (χ4v) is 7.75. The van der Waals surface area contributed by atoms with Crippen LogP contribution in [0.1, 0.15) is 68.7 Å². The second kappa shape index (κ2) is 13.2. The van der Waals surface area contributed by atoms with Gasteiger partial charge in [0, 0.05) is 30.5 Å². The molecule has 0 unspecified atom stereocenters. The number of hydrogen-bond donors (Lipinski definition) is 1. The summed E-state index contributed by atoms with van der Waals surface area (Å²) in [7, 11) is 3.56. The van der Waals surface area contributed by atoms with Crippen molar-refractivity contribution in [3.63, 3.8) is 0 Å². The predicted octanol–water partition coefficient (Wildman–Crippen LogP) is 3.47. The Morgan fingerprint density at radius 1 is 1.08 bits per heavy atom. The molecule has 4 aliphatic rings. The average Bonchev–Trinajstić information content (AvgIpc) is 3.42. The molecule has 6 rings (SSSR count). The summed E-state index contributed by atoms with van der Waals surface area (Å²) in [5, 5.41) is 12.5. The normalized spacial score (nSPS) is 26.1. The van der Waals surface area contributed by atoms with Crippen molar-refractivity contribution >= 4 is 23.9 Å². The van der Waals surface area contributed by atoms with Gasteiger partial charge in [-0.25, -0.2) is 9.59 Å². The van der Waals surface area contributed by atoms with Gasteiger partial charge in [-0.3, -0.25) is 9.59 Å². The number of methoxy groups -OCH3 is 1. The number of piperidine rings is 1. The zero-order valence-corrected chi connectivity index (χ0v) is 27.6. The first-order chi connectivity index (χ1) is 23.0.